The number of hydrogen-bond acceptors (Lipinski definition) is 4. The van der Waals surface area contributed by atoms with Crippen molar-refractivity contribution in [2.75, 3.05) is 14.2 Å². The lowest BCUT2D eigenvalue weighted by Gasteiger charge is -2.29. The van der Waals surface area contributed by atoms with Gasteiger partial charge in [0.25, 0.3) is 5.79 Å². The van der Waals surface area contributed by atoms with Gasteiger partial charge in [-0.15, -0.1) is 0 Å². The molecule has 1 heterocycles. The van der Waals surface area contributed by atoms with Crippen molar-refractivity contribution in [3.63, 3.8) is 0 Å². The molecule has 2 rings (SSSR count). The summed E-state index contributed by atoms with van der Waals surface area (Å²) < 4.78 is 11.0. The molecule has 4 nitrogen and oxygen atoms in total. The normalized spacial score (nSPS) is 11.4. The van der Waals surface area contributed by atoms with Gasteiger partial charge in [0.15, 0.2) is 5.82 Å². The third-order valence-electron chi connectivity index (χ3n) is 2.59. The predicted octanol–water partition coefficient (Wildman–Crippen LogP) is 1.97. The van der Waals surface area contributed by atoms with Gasteiger partial charge in [0.05, 0.1) is 0 Å². The molecule has 88 valence electrons. The lowest BCUT2D eigenvalue weighted by Crippen LogP contribution is -2.34. The molecule has 2 aromatic rings. The van der Waals surface area contributed by atoms with E-state index in [-0.39, 0.29) is 0 Å². The van der Waals surface area contributed by atoms with Crippen LogP contribution in [0.2, 0.25) is 0 Å². The van der Waals surface area contributed by atoms with Gasteiger partial charge in [0, 0.05) is 32.2 Å². The molecule has 0 atom stereocenters. The van der Waals surface area contributed by atoms with Gasteiger partial charge in [0.2, 0.25) is 0 Å². The second-order valence-corrected chi connectivity index (χ2v) is 3.46. The van der Waals surface area contributed by atoms with Gasteiger partial charge in [-0.1, -0.05) is 30.3 Å². The molecule has 1 aromatic heterocycles. The molecule has 4 heteroatoms. The van der Waals surface area contributed by atoms with Crippen LogP contribution in [0.25, 0.3) is 0 Å². The molecular weight excluding hydrogens is 216 g/mol. The largest absolute Gasteiger partial charge is 0.343 e. The number of aromatic nitrogens is 2. The van der Waals surface area contributed by atoms with Crippen LogP contribution in [0.5, 0.6) is 0 Å². The van der Waals surface area contributed by atoms with Gasteiger partial charge in [-0.2, -0.15) is 0 Å². The molecule has 17 heavy (non-hydrogen) atoms. The van der Waals surface area contributed by atoms with E-state index in [0.717, 1.165) is 5.56 Å². The molecule has 0 radical (unpaired) electrons. The van der Waals surface area contributed by atoms with Crippen LogP contribution in [0.3, 0.4) is 0 Å². The second kappa shape index (κ2) is 5.03. The predicted molar refractivity (Wildman–Crippen MR) is 63.3 cm³/mol. The lowest BCUT2D eigenvalue weighted by atomic mass is 10.0. The number of methoxy groups -OCH3 is 2. The monoisotopic (exact) mass is 230 g/mol. The molecular formula is C13H14N2O2. The van der Waals surface area contributed by atoms with Crippen LogP contribution >= 0.6 is 0 Å². The highest BCUT2D eigenvalue weighted by molar-refractivity contribution is 5.26. The van der Waals surface area contributed by atoms with Gasteiger partial charge in [-0.25, -0.2) is 9.97 Å². The standard InChI is InChI=1S/C13H14N2O2/c1-16-13(17-2,11-7-4-3-5-8-11)12-14-9-6-10-15-12/h3-10H,1-2H3. The van der Waals surface area contributed by atoms with Crippen molar-refractivity contribution in [1.82, 2.24) is 9.97 Å². The lowest BCUT2D eigenvalue weighted by molar-refractivity contribution is -0.189. The Morgan fingerprint density at radius 1 is 0.882 bits per heavy atom. The molecule has 0 spiro atoms. The van der Waals surface area contributed by atoms with E-state index in [1.165, 1.54) is 0 Å². The van der Waals surface area contributed by atoms with Gasteiger partial charge < -0.3 is 9.47 Å². The fourth-order valence-corrected chi connectivity index (χ4v) is 1.76. The van der Waals surface area contributed by atoms with E-state index in [1.807, 2.05) is 30.3 Å². The van der Waals surface area contributed by atoms with Crippen molar-refractivity contribution in [2.45, 2.75) is 5.79 Å². The highest BCUT2D eigenvalue weighted by Crippen LogP contribution is 2.30. The fraction of sp³-hybridized carbons (Fsp3) is 0.231. The zero-order valence-electron chi connectivity index (χ0n) is 9.83. The molecule has 0 amide bonds. The van der Waals surface area contributed by atoms with Crippen LogP contribution in [0.15, 0.2) is 48.8 Å². The first-order valence-corrected chi connectivity index (χ1v) is 5.27. The van der Waals surface area contributed by atoms with Gasteiger partial charge >= 0.3 is 0 Å². The summed E-state index contributed by atoms with van der Waals surface area (Å²) in [6.07, 6.45) is 3.33. The highest BCUT2D eigenvalue weighted by Gasteiger charge is 2.37. The number of nitrogens with zero attached hydrogens (tertiary/aromatic N) is 2. The molecule has 0 aliphatic heterocycles. The highest BCUT2D eigenvalue weighted by atomic mass is 16.7. The van der Waals surface area contributed by atoms with E-state index in [1.54, 1.807) is 32.7 Å². The van der Waals surface area contributed by atoms with Crippen molar-refractivity contribution in [1.29, 1.82) is 0 Å². The summed E-state index contributed by atoms with van der Waals surface area (Å²) in [5, 5.41) is 0. The first-order valence-electron chi connectivity index (χ1n) is 5.27. The van der Waals surface area contributed by atoms with Crippen LogP contribution < -0.4 is 0 Å². The van der Waals surface area contributed by atoms with Crippen LogP contribution in [0.4, 0.5) is 0 Å². The summed E-state index contributed by atoms with van der Waals surface area (Å²) in [4.78, 5) is 8.42. The van der Waals surface area contributed by atoms with E-state index in [2.05, 4.69) is 9.97 Å². The Balaban J connectivity index is 2.54. The minimum Gasteiger partial charge on any atom is -0.343 e. The quantitative estimate of drug-likeness (QED) is 0.753. The zero-order valence-corrected chi connectivity index (χ0v) is 9.83. The molecule has 0 N–H and O–H groups in total. The van der Waals surface area contributed by atoms with E-state index in [0.29, 0.717) is 5.82 Å². The first kappa shape index (κ1) is 11.7. The van der Waals surface area contributed by atoms with E-state index in [9.17, 15) is 0 Å². The SMILES string of the molecule is COC(OC)(c1ccccc1)c1ncccn1. The number of hydrogen-bond donors (Lipinski definition) is 0. The summed E-state index contributed by atoms with van der Waals surface area (Å²) in [7, 11) is 3.15. The van der Waals surface area contributed by atoms with Crippen molar-refractivity contribution >= 4 is 0 Å². The Bertz CT molecular complexity index is 414. The molecule has 0 saturated heterocycles. The Morgan fingerprint density at radius 2 is 1.47 bits per heavy atom. The molecule has 1 aromatic carbocycles. The maximum Gasteiger partial charge on any atom is 0.257 e. The maximum atomic E-state index is 5.51. The van der Waals surface area contributed by atoms with Crippen molar-refractivity contribution < 1.29 is 9.47 Å². The Labute approximate surface area is 100 Å². The average molecular weight is 230 g/mol. The van der Waals surface area contributed by atoms with E-state index < -0.39 is 5.79 Å². The minimum absolute atomic E-state index is 0.483. The summed E-state index contributed by atoms with van der Waals surface area (Å²) in [6.45, 7) is 0. The molecule has 0 fully saturated rings. The average Bonchev–Trinajstić information content (AvgIpc) is 2.43. The summed E-state index contributed by atoms with van der Waals surface area (Å²) >= 11 is 0. The Morgan fingerprint density at radius 3 is 2.00 bits per heavy atom. The van der Waals surface area contributed by atoms with Crippen LogP contribution in [-0.4, -0.2) is 24.2 Å². The number of ether oxygens (including phenoxy) is 2. The molecule has 0 aliphatic carbocycles. The Hall–Kier alpha value is -1.78. The van der Waals surface area contributed by atoms with Crippen LogP contribution in [0.1, 0.15) is 11.4 Å². The molecule has 0 bridgehead atoms. The summed E-state index contributed by atoms with van der Waals surface area (Å²) in [5.74, 6) is -0.570. The van der Waals surface area contributed by atoms with E-state index in [4.69, 9.17) is 9.47 Å². The topological polar surface area (TPSA) is 44.2 Å². The van der Waals surface area contributed by atoms with Gasteiger partial charge in [-0.3, -0.25) is 0 Å². The molecule has 0 saturated carbocycles. The smallest absolute Gasteiger partial charge is 0.257 e. The first-order chi connectivity index (χ1) is 8.33. The summed E-state index contributed by atoms with van der Waals surface area (Å²) in [6, 6.07) is 11.4. The minimum atomic E-state index is -1.05. The third-order valence-corrected chi connectivity index (χ3v) is 2.59. The second-order valence-electron chi connectivity index (χ2n) is 3.46. The third kappa shape index (κ3) is 2.05. The van der Waals surface area contributed by atoms with Gasteiger partial charge in [-0.05, 0) is 6.07 Å². The van der Waals surface area contributed by atoms with Gasteiger partial charge in [0.1, 0.15) is 0 Å². The van der Waals surface area contributed by atoms with Crippen molar-refractivity contribution in [2.24, 2.45) is 0 Å². The molecule has 0 aliphatic rings. The molecule has 0 unspecified atom stereocenters. The fourth-order valence-electron chi connectivity index (χ4n) is 1.76. The van der Waals surface area contributed by atoms with E-state index >= 15 is 0 Å². The number of rotatable bonds is 4. The summed E-state index contributed by atoms with van der Waals surface area (Å²) in [5.41, 5.74) is 0.858. The van der Waals surface area contributed by atoms with Crippen LogP contribution in [-0.2, 0) is 15.3 Å². The van der Waals surface area contributed by atoms with Crippen molar-refractivity contribution in [3.05, 3.63) is 60.2 Å². The maximum absolute atomic E-state index is 5.51. The Kier molecular flexibility index (Phi) is 3.46. The number of benzene rings is 1. The van der Waals surface area contributed by atoms with Crippen molar-refractivity contribution in [3.8, 4) is 0 Å². The van der Waals surface area contributed by atoms with Crippen LogP contribution in [0, 0.1) is 0 Å². The zero-order chi connectivity index (χ0) is 12.1.